The molecule has 0 spiro atoms. The third-order valence-electron chi connectivity index (χ3n) is 2.96. The van der Waals surface area contributed by atoms with Crippen molar-refractivity contribution in [3.8, 4) is 0 Å². The molecule has 0 fully saturated rings. The summed E-state index contributed by atoms with van der Waals surface area (Å²) in [6, 6.07) is 14.8. The number of hydrogen-bond donors (Lipinski definition) is 1. The second kappa shape index (κ2) is 6.92. The van der Waals surface area contributed by atoms with Crippen LogP contribution < -0.4 is 5.73 Å². The maximum Gasteiger partial charge on any atom is 0.0354 e. The molecule has 100 valence electrons. The van der Waals surface area contributed by atoms with Crippen molar-refractivity contribution in [3.05, 3.63) is 53.6 Å². The van der Waals surface area contributed by atoms with Gasteiger partial charge in [0.1, 0.15) is 0 Å². The van der Waals surface area contributed by atoms with Crippen LogP contribution in [-0.2, 0) is 0 Å². The molecule has 0 saturated carbocycles. The molecule has 0 aliphatic carbocycles. The van der Waals surface area contributed by atoms with E-state index in [0.29, 0.717) is 0 Å². The standard InChI is InChI=1S/C16H19NS2/c1-12-6-8-14(9-7-12)18-10-11-19-16-5-3-4-15(17)13(16)2/h3-9H,10-11,17H2,1-2H3. The zero-order chi connectivity index (χ0) is 13.7. The van der Waals surface area contributed by atoms with Crippen molar-refractivity contribution in [2.75, 3.05) is 17.2 Å². The van der Waals surface area contributed by atoms with Gasteiger partial charge in [-0.3, -0.25) is 0 Å². The van der Waals surface area contributed by atoms with Gasteiger partial charge in [-0.05, 0) is 43.7 Å². The Hall–Kier alpha value is -1.06. The summed E-state index contributed by atoms with van der Waals surface area (Å²) in [5.74, 6) is 2.21. The number of aryl methyl sites for hydroxylation is 1. The molecule has 3 heteroatoms. The van der Waals surface area contributed by atoms with E-state index in [-0.39, 0.29) is 0 Å². The van der Waals surface area contributed by atoms with Crippen LogP contribution in [-0.4, -0.2) is 11.5 Å². The van der Waals surface area contributed by atoms with E-state index >= 15 is 0 Å². The van der Waals surface area contributed by atoms with E-state index in [2.05, 4.69) is 44.2 Å². The van der Waals surface area contributed by atoms with Crippen LogP contribution in [0.15, 0.2) is 52.3 Å². The van der Waals surface area contributed by atoms with Crippen LogP contribution in [0.2, 0.25) is 0 Å². The third-order valence-corrected chi connectivity index (χ3v) is 5.39. The highest BCUT2D eigenvalue weighted by atomic mass is 32.2. The Morgan fingerprint density at radius 2 is 1.58 bits per heavy atom. The van der Waals surface area contributed by atoms with Gasteiger partial charge in [-0.25, -0.2) is 0 Å². The number of rotatable bonds is 5. The maximum atomic E-state index is 5.91. The van der Waals surface area contributed by atoms with Crippen molar-refractivity contribution < 1.29 is 0 Å². The first kappa shape index (κ1) is 14.4. The molecule has 1 nitrogen and oxygen atoms in total. The Balaban J connectivity index is 1.81. The van der Waals surface area contributed by atoms with Crippen LogP contribution in [0.25, 0.3) is 0 Å². The zero-order valence-corrected chi connectivity index (χ0v) is 13.0. The minimum absolute atomic E-state index is 0.885. The fourth-order valence-corrected chi connectivity index (χ4v) is 3.69. The third kappa shape index (κ3) is 4.22. The van der Waals surface area contributed by atoms with Crippen molar-refractivity contribution >= 4 is 29.2 Å². The molecule has 2 aromatic carbocycles. The second-order valence-electron chi connectivity index (χ2n) is 4.48. The molecule has 0 unspecified atom stereocenters. The first-order valence-corrected chi connectivity index (χ1v) is 8.31. The normalized spacial score (nSPS) is 10.6. The molecular formula is C16H19NS2. The lowest BCUT2D eigenvalue weighted by molar-refractivity contribution is 1.30. The van der Waals surface area contributed by atoms with Crippen LogP contribution in [0.5, 0.6) is 0 Å². The van der Waals surface area contributed by atoms with Gasteiger partial charge in [-0.2, -0.15) is 0 Å². The van der Waals surface area contributed by atoms with Gasteiger partial charge < -0.3 is 5.73 Å². The van der Waals surface area contributed by atoms with Crippen LogP contribution in [0.4, 0.5) is 5.69 Å². The monoisotopic (exact) mass is 289 g/mol. The van der Waals surface area contributed by atoms with Crippen LogP contribution in [0.1, 0.15) is 11.1 Å². The number of benzene rings is 2. The Morgan fingerprint density at radius 1 is 0.895 bits per heavy atom. The lowest BCUT2D eigenvalue weighted by Crippen LogP contribution is -1.92. The van der Waals surface area contributed by atoms with Gasteiger partial charge in [0.2, 0.25) is 0 Å². The molecule has 0 amide bonds. The number of hydrogen-bond acceptors (Lipinski definition) is 3. The van der Waals surface area contributed by atoms with Gasteiger partial charge >= 0.3 is 0 Å². The second-order valence-corrected chi connectivity index (χ2v) is 6.79. The van der Waals surface area contributed by atoms with Crippen molar-refractivity contribution in [3.63, 3.8) is 0 Å². The largest absolute Gasteiger partial charge is 0.398 e. The Bertz CT molecular complexity index is 535. The zero-order valence-electron chi connectivity index (χ0n) is 11.3. The highest BCUT2D eigenvalue weighted by Crippen LogP contribution is 2.28. The molecule has 2 rings (SSSR count). The number of nitrogens with two attached hydrogens (primary N) is 1. The predicted octanol–water partition coefficient (Wildman–Crippen LogP) is 4.77. The summed E-state index contributed by atoms with van der Waals surface area (Å²) in [6.07, 6.45) is 0. The van der Waals surface area contributed by atoms with Crippen molar-refractivity contribution in [2.24, 2.45) is 0 Å². The Kier molecular flexibility index (Phi) is 5.23. The van der Waals surface area contributed by atoms with E-state index in [4.69, 9.17) is 5.73 Å². The molecule has 19 heavy (non-hydrogen) atoms. The van der Waals surface area contributed by atoms with Gasteiger partial charge in [-0.15, -0.1) is 23.5 Å². The van der Waals surface area contributed by atoms with Crippen molar-refractivity contribution in [1.82, 2.24) is 0 Å². The molecule has 0 atom stereocenters. The smallest absolute Gasteiger partial charge is 0.0354 e. The Morgan fingerprint density at radius 3 is 2.32 bits per heavy atom. The molecule has 0 aliphatic rings. The number of thioether (sulfide) groups is 2. The average molecular weight is 289 g/mol. The van der Waals surface area contributed by atoms with Gasteiger partial charge in [0.25, 0.3) is 0 Å². The average Bonchev–Trinajstić information content (AvgIpc) is 2.41. The van der Waals surface area contributed by atoms with Gasteiger partial charge in [0.15, 0.2) is 0 Å². The fraction of sp³-hybridized carbons (Fsp3) is 0.250. The number of nitrogen functional groups attached to an aromatic ring is 1. The first-order chi connectivity index (χ1) is 9.16. The molecule has 0 aliphatic heterocycles. The quantitative estimate of drug-likeness (QED) is 0.488. The lowest BCUT2D eigenvalue weighted by atomic mass is 10.2. The summed E-state index contributed by atoms with van der Waals surface area (Å²) in [4.78, 5) is 2.64. The minimum atomic E-state index is 0.885. The highest BCUT2D eigenvalue weighted by molar-refractivity contribution is 8.03. The van der Waals surface area contributed by atoms with E-state index < -0.39 is 0 Å². The van der Waals surface area contributed by atoms with E-state index in [1.54, 1.807) is 0 Å². The van der Waals surface area contributed by atoms with E-state index in [0.717, 1.165) is 17.2 Å². The Labute approximate surface area is 124 Å². The van der Waals surface area contributed by atoms with E-state index in [1.165, 1.54) is 20.9 Å². The topological polar surface area (TPSA) is 26.0 Å². The van der Waals surface area contributed by atoms with Crippen molar-refractivity contribution in [1.29, 1.82) is 0 Å². The summed E-state index contributed by atoms with van der Waals surface area (Å²) < 4.78 is 0. The predicted molar refractivity (Wildman–Crippen MR) is 88.2 cm³/mol. The summed E-state index contributed by atoms with van der Waals surface area (Å²) in [7, 11) is 0. The molecule has 2 aromatic rings. The van der Waals surface area contributed by atoms with Gasteiger partial charge in [-0.1, -0.05) is 23.8 Å². The molecular weight excluding hydrogens is 270 g/mol. The molecule has 0 heterocycles. The van der Waals surface area contributed by atoms with Gasteiger partial charge in [0.05, 0.1) is 0 Å². The van der Waals surface area contributed by atoms with Gasteiger partial charge in [0, 0.05) is 27.0 Å². The number of anilines is 1. The summed E-state index contributed by atoms with van der Waals surface area (Å²) in [6.45, 7) is 4.21. The molecule has 0 aromatic heterocycles. The molecule has 0 saturated heterocycles. The van der Waals surface area contributed by atoms with Crippen LogP contribution >= 0.6 is 23.5 Å². The van der Waals surface area contributed by atoms with Crippen molar-refractivity contribution in [2.45, 2.75) is 23.6 Å². The fourth-order valence-electron chi connectivity index (χ4n) is 1.73. The van der Waals surface area contributed by atoms with Crippen LogP contribution in [0.3, 0.4) is 0 Å². The highest BCUT2D eigenvalue weighted by Gasteiger charge is 2.02. The van der Waals surface area contributed by atoms with E-state index in [9.17, 15) is 0 Å². The summed E-state index contributed by atoms with van der Waals surface area (Å²) in [5, 5.41) is 0. The minimum Gasteiger partial charge on any atom is -0.398 e. The maximum absolute atomic E-state index is 5.91. The molecule has 0 radical (unpaired) electrons. The van der Waals surface area contributed by atoms with Crippen LogP contribution in [0, 0.1) is 13.8 Å². The summed E-state index contributed by atoms with van der Waals surface area (Å²) >= 11 is 3.79. The SMILES string of the molecule is Cc1ccc(SCCSc2cccc(N)c2C)cc1. The first-order valence-electron chi connectivity index (χ1n) is 6.34. The lowest BCUT2D eigenvalue weighted by Gasteiger charge is -2.07. The van der Waals surface area contributed by atoms with E-state index in [1.807, 2.05) is 35.7 Å². The molecule has 0 bridgehead atoms. The molecule has 2 N–H and O–H groups in total. The summed E-state index contributed by atoms with van der Waals surface area (Å²) in [5.41, 5.74) is 9.31.